The molecule has 2 N–H and O–H groups in total. The van der Waals surface area contributed by atoms with Crippen LogP contribution in [0.3, 0.4) is 0 Å². The van der Waals surface area contributed by atoms with Crippen molar-refractivity contribution in [1.82, 2.24) is 14.7 Å². The number of hydrogen-bond donors (Lipinski definition) is 2. The fourth-order valence-corrected chi connectivity index (χ4v) is 4.31. The summed E-state index contributed by atoms with van der Waals surface area (Å²) in [5.74, 6) is -1.19. The van der Waals surface area contributed by atoms with E-state index in [4.69, 9.17) is 23.2 Å². The number of nitrogens with zero attached hydrogens (tertiary/aromatic N) is 1. The third-order valence-corrected chi connectivity index (χ3v) is 6.03. The zero-order valence-corrected chi connectivity index (χ0v) is 16.5. The Morgan fingerprint density at radius 1 is 1.04 bits per heavy atom. The van der Waals surface area contributed by atoms with Crippen LogP contribution in [0.15, 0.2) is 47.5 Å². The van der Waals surface area contributed by atoms with E-state index in [2.05, 4.69) is 14.7 Å². The standard InChI is InChI=1S/C19H13Cl2F2N3OS/c20-12-8-10(3-5-14(12)22)17(11-4-6-15(23)13(21)9-11)18-25-16-2-1-7-24-28(27)19(16)26-18/h1-6,8-9,17,24H,7H2,(H,25,26). The van der Waals surface area contributed by atoms with Gasteiger partial charge in [-0.1, -0.05) is 41.4 Å². The first-order valence-corrected chi connectivity index (χ1v) is 10.2. The average Bonchev–Trinajstić information content (AvgIpc) is 3.00. The normalized spacial score (nSPS) is 16.2. The second kappa shape index (κ2) is 7.75. The average molecular weight is 440 g/mol. The van der Waals surface area contributed by atoms with Gasteiger partial charge in [-0.15, -0.1) is 0 Å². The summed E-state index contributed by atoms with van der Waals surface area (Å²) in [6, 6.07) is 8.62. The minimum atomic E-state index is -1.46. The highest BCUT2D eigenvalue weighted by Crippen LogP contribution is 2.35. The molecule has 28 heavy (non-hydrogen) atoms. The molecule has 9 heteroatoms. The lowest BCUT2D eigenvalue weighted by atomic mass is 9.90. The maximum Gasteiger partial charge on any atom is 0.147 e. The predicted molar refractivity (Wildman–Crippen MR) is 106 cm³/mol. The fraction of sp³-hybridized carbons (Fsp3) is 0.105. The van der Waals surface area contributed by atoms with Crippen LogP contribution < -0.4 is 4.72 Å². The van der Waals surface area contributed by atoms with Crippen molar-refractivity contribution < 1.29 is 13.0 Å². The van der Waals surface area contributed by atoms with E-state index < -0.39 is 28.5 Å². The zero-order valence-electron chi connectivity index (χ0n) is 14.2. The van der Waals surface area contributed by atoms with Crippen LogP contribution >= 0.6 is 23.2 Å². The molecule has 1 aromatic heterocycles. The van der Waals surface area contributed by atoms with Crippen molar-refractivity contribution in [2.75, 3.05) is 6.54 Å². The second-order valence-electron chi connectivity index (χ2n) is 6.14. The van der Waals surface area contributed by atoms with Crippen molar-refractivity contribution in [3.05, 3.63) is 86.8 Å². The first-order chi connectivity index (χ1) is 13.4. The Hall–Kier alpha value is -2.06. The molecule has 0 fully saturated rings. The van der Waals surface area contributed by atoms with Crippen LogP contribution in [-0.4, -0.2) is 20.7 Å². The number of halogens is 4. The molecular weight excluding hydrogens is 427 g/mol. The van der Waals surface area contributed by atoms with Gasteiger partial charge in [0.1, 0.15) is 33.5 Å². The van der Waals surface area contributed by atoms with E-state index in [0.717, 1.165) is 0 Å². The van der Waals surface area contributed by atoms with E-state index in [9.17, 15) is 13.0 Å². The van der Waals surface area contributed by atoms with Crippen molar-refractivity contribution in [1.29, 1.82) is 0 Å². The molecule has 0 saturated carbocycles. The molecule has 0 amide bonds. The Bertz CT molecular complexity index is 1070. The van der Waals surface area contributed by atoms with Crippen LogP contribution in [0.4, 0.5) is 8.78 Å². The molecule has 4 rings (SSSR count). The first-order valence-electron chi connectivity index (χ1n) is 8.25. The summed E-state index contributed by atoms with van der Waals surface area (Å²) in [6.45, 7) is 0.455. The highest BCUT2D eigenvalue weighted by atomic mass is 35.5. The number of imidazole rings is 1. The zero-order chi connectivity index (χ0) is 19.8. The minimum absolute atomic E-state index is 0.0473. The summed E-state index contributed by atoms with van der Waals surface area (Å²) in [5, 5.41) is 0.332. The van der Waals surface area contributed by atoms with Crippen molar-refractivity contribution in [2.45, 2.75) is 10.9 Å². The molecule has 0 spiro atoms. The number of aromatic nitrogens is 2. The van der Waals surface area contributed by atoms with E-state index >= 15 is 0 Å². The maximum absolute atomic E-state index is 13.7. The molecule has 1 atom stereocenters. The summed E-state index contributed by atoms with van der Waals surface area (Å²) in [7, 11) is -1.46. The number of aromatic amines is 1. The van der Waals surface area contributed by atoms with Crippen LogP contribution in [0.25, 0.3) is 6.08 Å². The molecule has 3 aromatic rings. The molecule has 2 aromatic carbocycles. The largest absolute Gasteiger partial charge is 0.333 e. The molecule has 144 valence electrons. The molecular formula is C19H13Cl2F2N3OS. The number of H-pyrrole nitrogens is 1. The molecule has 1 aliphatic heterocycles. The van der Waals surface area contributed by atoms with Crippen molar-refractivity contribution in [3.8, 4) is 0 Å². The van der Waals surface area contributed by atoms with Crippen molar-refractivity contribution >= 4 is 40.3 Å². The smallest absolute Gasteiger partial charge is 0.147 e. The lowest BCUT2D eigenvalue weighted by Gasteiger charge is -2.17. The van der Waals surface area contributed by atoms with Gasteiger partial charge in [0.25, 0.3) is 0 Å². The Labute approximate surface area is 172 Å². The Kier molecular flexibility index (Phi) is 5.33. The van der Waals surface area contributed by atoms with Gasteiger partial charge in [0, 0.05) is 6.54 Å². The van der Waals surface area contributed by atoms with Crippen LogP contribution in [0, 0.1) is 11.6 Å². The van der Waals surface area contributed by atoms with Gasteiger partial charge in [0.05, 0.1) is 21.7 Å². The number of nitrogens with one attached hydrogen (secondary N) is 2. The van der Waals surface area contributed by atoms with Gasteiger partial charge in [0.2, 0.25) is 0 Å². The van der Waals surface area contributed by atoms with Gasteiger partial charge < -0.3 is 4.98 Å². The summed E-state index contributed by atoms with van der Waals surface area (Å²) in [6.07, 6.45) is 3.58. The third kappa shape index (κ3) is 3.63. The minimum Gasteiger partial charge on any atom is -0.333 e. The molecule has 2 heterocycles. The Balaban J connectivity index is 1.90. The van der Waals surface area contributed by atoms with Crippen LogP contribution in [0.5, 0.6) is 0 Å². The van der Waals surface area contributed by atoms with Gasteiger partial charge in [0.15, 0.2) is 0 Å². The lowest BCUT2D eigenvalue weighted by molar-refractivity contribution is 0.626. The molecule has 0 aliphatic carbocycles. The van der Waals surface area contributed by atoms with Gasteiger partial charge in [-0.05, 0) is 41.5 Å². The van der Waals surface area contributed by atoms with E-state index in [0.29, 0.717) is 34.2 Å². The van der Waals surface area contributed by atoms with Crippen LogP contribution in [0.2, 0.25) is 10.0 Å². The predicted octanol–water partition coefficient (Wildman–Crippen LogP) is 4.81. The quantitative estimate of drug-likeness (QED) is 0.614. The summed E-state index contributed by atoms with van der Waals surface area (Å²) < 4.78 is 42.6. The summed E-state index contributed by atoms with van der Waals surface area (Å²) in [4.78, 5) is 7.66. The first kappa shape index (κ1) is 19.3. The topological polar surface area (TPSA) is 57.8 Å². The van der Waals surface area contributed by atoms with Gasteiger partial charge >= 0.3 is 0 Å². The lowest BCUT2D eigenvalue weighted by Crippen LogP contribution is -2.16. The highest BCUT2D eigenvalue weighted by molar-refractivity contribution is 7.83. The SMILES string of the molecule is O=S1NCC=Cc2nc(C(c3ccc(F)c(Cl)c3)c3ccc(F)c(Cl)c3)[nH]c21. The van der Waals surface area contributed by atoms with Gasteiger partial charge in [-0.3, -0.25) is 0 Å². The molecule has 1 aliphatic rings. The van der Waals surface area contributed by atoms with Crippen molar-refractivity contribution in [3.63, 3.8) is 0 Å². The van der Waals surface area contributed by atoms with E-state index in [1.807, 2.05) is 6.08 Å². The summed E-state index contributed by atoms with van der Waals surface area (Å²) >= 11 is 11.9. The van der Waals surface area contributed by atoms with E-state index in [-0.39, 0.29) is 10.0 Å². The third-order valence-electron chi connectivity index (χ3n) is 4.34. The second-order valence-corrected chi connectivity index (χ2v) is 8.18. The Morgan fingerprint density at radius 3 is 2.21 bits per heavy atom. The molecule has 1 unspecified atom stereocenters. The molecule has 0 bridgehead atoms. The van der Waals surface area contributed by atoms with E-state index in [1.165, 1.54) is 24.3 Å². The fourth-order valence-electron chi connectivity index (χ4n) is 3.04. The summed E-state index contributed by atoms with van der Waals surface area (Å²) in [5.41, 5.74) is 1.78. The highest BCUT2D eigenvalue weighted by Gasteiger charge is 2.25. The number of fused-ring (bicyclic) bond motifs is 1. The van der Waals surface area contributed by atoms with Gasteiger partial charge in [-0.2, -0.15) is 0 Å². The van der Waals surface area contributed by atoms with Crippen LogP contribution in [0.1, 0.15) is 28.6 Å². The van der Waals surface area contributed by atoms with Crippen molar-refractivity contribution in [2.24, 2.45) is 0 Å². The monoisotopic (exact) mass is 439 g/mol. The number of hydrogen-bond acceptors (Lipinski definition) is 2. The number of rotatable bonds is 3. The van der Waals surface area contributed by atoms with E-state index in [1.54, 1.807) is 18.2 Å². The van der Waals surface area contributed by atoms with Gasteiger partial charge in [-0.25, -0.2) is 22.7 Å². The Morgan fingerprint density at radius 2 is 1.64 bits per heavy atom. The molecule has 4 nitrogen and oxygen atoms in total. The van der Waals surface area contributed by atoms with Crippen LogP contribution in [-0.2, 0) is 11.0 Å². The maximum atomic E-state index is 13.7. The molecule has 0 radical (unpaired) electrons. The molecule has 0 saturated heterocycles. The number of benzene rings is 2.